The first-order valence-electron chi connectivity index (χ1n) is 9.73. The number of rotatable bonds is 8. The third-order valence-electron chi connectivity index (χ3n) is 4.61. The lowest BCUT2D eigenvalue weighted by Gasteiger charge is -2.22. The molecule has 0 radical (unpaired) electrons. The molecule has 33 heavy (non-hydrogen) atoms. The second kappa shape index (κ2) is 11.3. The Hall–Kier alpha value is -2.23. The van der Waals surface area contributed by atoms with Crippen molar-refractivity contribution in [2.45, 2.75) is 18.4 Å². The van der Waals surface area contributed by atoms with Crippen LogP contribution in [0.1, 0.15) is 16.7 Å². The van der Waals surface area contributed by atoms with Gasteiger partial charge in [-0.2, -0.15) is 9.41 Å². The van der Waals surface area contributed by atoms with E-state index in [9.17, 15) is 13.2 Å². The van der Waals surface area contributed by atoms with Gasteiger partial charge in [0.1, 0.15) is 0 Å². The van der Waals surface area contributed by atoms with Crippen molar-refractivity contribution in [3.8, 4) is 0 Å². The van der Waals surface area contributed by atoms with Crippen LogP contribution in [0.25, 0.3) is 0 Å². The number of benzene rings is 3. The van der Waals surface area contributed by atoms with Crippen molar-refractivity contribution in [1.82, 2.24) is 9.73 Å². The van der Waals surface area contributed by atoms with Crippen molar-refractivity contribution in [2.75, 3.05) is 6.54 Å². The maximum Gasteiger partial charge on any atom is 0.255 e. The fourth-order valence-corrected chi connectivity index (χ4v) is 4.96. The Morgan fingerprint density at radius 1 is 1.06 bits per heavy atom. The van der Waals surface area contributed by atoms with Gasteiger partial charge in [-0.3, -0.25) is 4.79 Å². The molecule has 1 N–H and O–H groups in total. The van der Waals surface area contributed by atoms with E-state index >= 15 is 0 Å². The molecular formula is C23H20BrCl2N3O3S. The maximum absolute atomic E-state index is 13.3. The highest BCUT2D eigenvalue weighted by molar-refractivity contribution is 9.10. The number of aryl methyl sites for hydroxylation is 1. The average molecular weight is 569 g/mol. The van der Waals surface area contributed by atoms with E-state index in [0.717, 1.165) is 19.9 Å². The Labute approximate surface area is 211 Å². The minimum Gasteiger partial charge on any atom is -0.272 e. The molecule has 172 valence electrons. The molecule has 3 aromatic rings. The zero-order valence-corrected chi connectivity index (χ0v) is 21.4. The molecule has 6 nitrogen and oxygen atoms in total. The summed E-state index contributed by atoms with van der Waals surface area (Å²) in [6.45, 7) is 1.29. The van der Waals surface area contributed by atoms with Gasteiger partial charge in [-0.05, 0) is 54.4 Å². The zero-order chi connectivity index (χ0) is 24.0. The third-order valence-corrected chi connectivity index (χ3v) is 7.53. The van der Waals surface area contributed by atoms with Gasteiger partial charge in [0.15, 0.2) is 0 Å². The summed E-state index contributed by atoms with van der Waals surface area (Å²) < 4.78 is 28.6. The zero-order valence-electron chi connectivity index (χ0n) is 17.5. The Morgan fingerprint density at radius 3 is 2.36 bits per heavy atom. The summed E-state index contributed by atoms with van der Waals surface area (Å²) in [7, 11) is -4.00. The number of nitrogens with one attached hydrogen (secondary N) is 1. The van der Waals surface area contributed by atoms with Gasteiger partial charge in [0, 0.05) is 21.1 Å². The van der Waals surface area contributed by atoms with Crippen LogP contribution < -0.4 is 5.43 Å². The maximum atomic E-state index is 13.3. The van der Waals surface area contributed by atoms with Crippen LogP contribution in [0.3, 0.4) is 0 Å². The minimum atomic E-state index is -4.00. The second-order valence-electron chi connectivity index (χ2n) is 7.17. The van der Waals surface area contributed by atoms with E-state index in [0.29, 0.717) is 15.6 Å². The fraction of sp³-hybridized carbons (Fsp3) is 0.130. The SMILES string of the molecule is Cc1ccc(S(=O)(=O)N(CC(=O)N/N=C\c2ccc(Br)cc2)Cc2ccc(Cl)cc2Cl)cc1. The van der Waals surface area contributed by atoms with E-state index in [4.69, 9.17) is 23.2 Å². The van der Waals surface area contributed by atoms with Gasteiger partial charge in [-0.25, -0.2) is 13.8 Å². The smallest absolute Gasteiger partial charge is 0.255 e. The Kier molecular flexibility index (Phi) is 8.67. The van der Waals surface area contributed by atoms with Gasteiger partial charge >= 0.3 is 0 Å². The monoisotopic (exact) mass is 567 g/mol. The molecule has 0 aliphatic heterocycles. The van der Waals surface area contributed by atoms with E-state index in [2.05, 4.69) is 26.5 Å². The predicted octanol–water partition coefficient (Wildman–Crippen LogP) is 5.41. The number of carbonyl (C=O) groups is 1. The first-order chi connectivity index (χ1) is 15.6. The molecule has 0 spiro atoms. The van der Waals surface area contributed by atoms with Crippen molar-refractivity contribution in [1.29, 1.82) is 0 Å². The molecule has 3 aromatic carbocycles. The molecule has 0 fully saturated rings. The Morgan fingerprint density at radius 2 is 1.73 bits per heavy atom. The van der Waals surface area contributed by atoms with Gasteiger partial charge in [0.2, 0.25) is 10.0 Å². The summed E-state index contributed by atoms with van der Waals surface area (Å²) in [6.07, 6.45) is 1.47. The number of carbonyl (C=O) groups excluding carboxylic acids is 1. The van der Waals surface area contributed by atoms with Gasteiger partial charge in [-0.1, -0.05) is 75.0 Å². The fourth-order valence-electron chi connectivity index (χ4n) is 2.85. The van der Waals surface area contributed by atoms with Crippen molar-refractivity contribution in [3.63, 3.8) is 0 Å². The van der Waals surface area contributed by atoms with Crippen molar-refractivity contribution >= 4 is 61.3 Å². The molecule has 0 unspecified atom stereocenters. The van der Waals surface area contributed by atoms with E-state index in [1.807, 2.05) is 31.2 Å². The highest BCUT2D eigenvalue weighted by Crippen LogP contribution is 2.25. The number of hydrogen-bond donors (Lipinski definition) is 1. The number of nitrogens with zero attached hydrogens (tertiary/aromatic N) is 2. The lowest BCUT2D eigenvalue weighted by Crippen LogP contribution is -2.39. The minimum absolute atomic E-state index is 0.0735. The second-order valence-corrected chi connectivity index (χ2v) is 10.9. The van der Waals surface area contributed by atoms with Gasteiger partial charge < -0.3 is 0 Å². The summed E-state index contributed by atoms with van der Waals surface area (Å²) in [6, 6.07) is 18.5. The van der Waals surface area contributed by atoms with Crippen LogP contribution in [0, 0.1) is 6.92 Å². The van der Waals surface area contributed by atoms with Crippen LogP contribution >= 0.6 is 39.1 Å². The summed E-state index contributed by atoms with van der Waals surface area (Å²) in [5, 5.41) is 4.66. The first-order valence-corrected chi connectivity index (χ1v) is 12.7. The topological polar surface area (TPSA) is 78.8 Å². The van der Waals surface area contributed by atoms with Crippen molar-refractivity contribution in [3.05, 3.63) is 97.9 Å². The number of amides is 1. The van der Waals surface area contributed by atoms with Gasteiger partial charge in [0.25, 0.3) is 5.91 Å². The number of sulfonamides is 1. The summed E-state index contributed by atoms with van der Waals surface area (Å²) in [4.78, 5) is 12.6. The number of hydrazone groups is 1. The van der Waals surface area contributed by atoms with Crippen LogP contribution in [0.15, 0.2) is 81.2 Å². The molecular weight excluding hydrogens is 549 g/mol. The largest absolute Gasteiger partial charge is 0.272 e. The van der Waals surface area contributed by atoms with Crippen LogP contribution in [0.4, 0.5) is 0 Å². The summed E-state index contributed by atoms with van der Waals surface area (Å²) >= 11 is 15.6. The highest BCUT2D eigenvalue weighted by Gasteiger charge is 2.27. The molecule has 10 heteroatoms. The van der Waals surface area contributed by atoms with Crippen LogP contribution in [0.5, 0.6) is 0 Å². The Balaban J connectivity index is 1.82. The lowest BCUT2D eigenvalue weighted by molar-refractivity contribution is -0.121. The van der Waals surface area contributed by atoms with E-state index in [-0.39, 0.29) is 11.4 Å². The number of halogens is 3. The van der Waals surface area contributed by atoms with Gasteiger partial charge in [0.05, 0.1) is 17.7 Å². The van der Waals surface area contributed by atoms with Gasteiger partial charge in [-0.15, -0.1) is 0 Å². The molecule has 0 aromatic heterocycles. The normalized spacial score (nSPS) is 11.8. The van der Waals surface area contributed by atoms with Crippen molar-refractivity contribution < 1.29 is 13.2 Å². The van der Waals surface area contributed by atoms with Crippen molar-refractivity contribution in [2.24, 2.45) is 5.10 Å². The molecule has 0 saturated heterocycles. The van der Waals surface area contributed by atoms with E-state index < -0.39 is 22.5 Å². The highest BCUT2D eigenvalue weighted by atomic mass is 79.9. The van der Waals surface area contributed by atoms with Crippen LogP contribution in [0.2, 0.25) is 10.0 Å². The molecule has 0 bridgehead atoms. The molecule has 0 aliphatic rings. The van der Waals surface area contributed by atoms with Crippen LogP contribution in [-0.4, -0.2) is 31.4 Å². The van der Waals surface area contributed by atoms with E-state index in [1.165, 1.54) is 24.4 Å². The average Bonchev–Trinajstić information content (AvgIpc) is 2.76. The predicted molar refractivity (Wildman–Crippen MR) is 135 cm³/mol. The first kappa shape index (κ1) is 25.4. The third kappa shape index (κ3) is 7.12. The molecule has 1 amide bonds. The van der Waals surface area contributed by atoms with Crippen LogP contribution in [-0.2, 0) is 21.4 Å². The summed E-state index contributed by atoms with van der Waals surface area (Å²) in [5.41, 5.74) is 4.59. The Bertz CT molecular complexity index is 1270. The molecule has 0 heterocycles. The number of hydrogen-bond acceptors (Lipinski definition) is 4. The molecule has 0 aliphatic carbocycles. The van der Waals surface area contributed by atoms with E-state index in [1.54, 1.807) is 24.3 Å². The molecule has 3 rings (SSSR count). The molecule has 0 atom stereocenters. The summed E-state index contributed by atoms with van der Waals surface area (Å²) in [5.74, 6) is -0.593. The standard InChI is InChI=1S/C23H20BrCl2N3O3S/c1-16-2-10-21(11-3-16)33(31,32)29(14-18-6-9-20(25)12-22(18)26)15-23(30)28-27-13-17-4-7-19(24)8-5-17/h2-13H,14-15H2,1H3,(H,28,30)/b27-13-. The quantitative estimate of drug-likeness (QED) is 0.292. The lowest BCUT2D eigenvalue weighted by atomic mass is 10.2. The molecule has 0 saturated carbocycles.